The van der Waals surface area contributed by atoms with E-state index in [0.29, 0.717) is 23.0 Å². The van der Waals surface area contributed by atoms with E-state index < -0.39 is 0 Å². The van der Waals surface area contributed by atoms with Crippen molar-refractivity contribution in [2.75, 3.05) is 12.3 Å². The van der Waals surface area contributed by atoms with Crippen LogP contribution in [-0.2, 0) is 0 Å². The molecule has 0 radical (unpaired) electrons. The predicted molar refractivity (Wildman–Crippen MR) is 81.1 cm³/mol. The number of halogens is 1. The van der Waals surface area contributed by atoms with E-state index in [-0.39, 0.29) is 5.91 Å². The van der Waals surface area contributed by atoms with Crippen molar-refractivity contribution in [1.29, 1.82) is 0 Å². The lowest BCUT2D eigenvalue weighted by molar-refractivity contribution is 0.0954. The molecule has 0 aliphatic heterocycles. The SMILES string of the molecule is CC(C)CNC(=O)c1sc2cccc(Br)c2c1N. The second-order valence-corrected chi connectivity index (χ2v) is 6.47. The third kappa shape index (κ3) is 2.52. The normalized spacial score (nSPS) is 11.1. The van der Waals surface area contributed by atoms with Crippen LogP contribution in [0.25, 0.3) is 10.1 Å². The Hall–Kier alpha value is -1.07. The Morgan fingerprint density at radius 3 is 2.83 bits per heavy atom. The number of hydrogen-bond donors (Lipinski definition) is 2. The summed E-state index contributed by atoms with van der Waals surface area (Å²) in [6.07, 6.45) is 0. The maximum absolute atomic E-state index is 12.1. The molecule has 0 saturated heterocycles. The Kier molecular flexibility index (Phi) is 3.92. The second kappa shape index (κ2) is 5.28. The van der Waals surface area contributed by atoms with E-state index in [2.05, 4.69) is 35.1 Å². The van der Waals surface area contributed by atoms with Crippen molar-refractivity contribution >= 4 is 48.9 Å². The van der Waals surface area contributed by atoms with Crippen LogP contribution in [0.2, 0.25) is 0 Å². The average molecular weight is 327 g/mol. The summed E-state index contributed by atoms with van der Waals surface area (Å²) in [5.41, 5.74) is 6.63. The Balaban J connectivity index is 2.37. The fourth-order valence-electron chi connectivity index (χ4n) is 1.68. The number of nitrogen functional groups attached to an aromatic ring is 1. The summed E-state index contributed by atoms with van der Waals surface area (Å²) < 4.78 is 1.95. The Bertz CT molecular complexity index is 592. The number of hydrogen-bond acceptors (Lipinski definition) is 3. The van der Waals surface area contributed by atoms with Crippen molar-refractivity contribution in [2.45, 2.75) is 13.8 Å². The zero-order valence-electron chi connectivity index (χ0n) is 10.3. The highest BCUT2D eigenvalue weighted by Gasteiger charge is 2.17. The lowest BCUT2D eigenvalue weighted by atomic mass is 10.2. The molecule has 0 unspecified atom stereocenters. The van der Waals surface area contributed by atoms with Crippen LogP contribution in [0.1, 0.15) is 23.5 Å². The number of anilines is 1. The zero-order chi connectivity index (χ0) is 13.3. The summed E-state index contributed by atoms with van der Waals surface area (Å²) in [6.45, 7) is 4.78. The molecule has 0 aliphatic rings. The third-order valence-corrected chi connectivity index (χ3v) is 4.41. The van der Waals surface area contributed by atoms with Gasteiger partial charge >= 0.3 is 0 Å². The van der Waals surface area contributed by atoms with E-state index in [1.165, 1.54) is 11.3 Å². The highest BCUT2D eigenvalue weighted by molar-refractivity contribution is 9.10. The summed E-state index contributed by atoms with van der Waals surface area (Å²) in [6, 6.07) is 5.85. The van der Waals surface area contributed by atoms with Gasteiger partial charge in [-0.3, -0.25) is 4.79 Å². The average Bonchev–Trinajstić information content (AvgIpc) is 2.65. The highest BCUT2D eigenvalue weighted by atomic mass is 79.9. The summed E-state index contributed by atoms with van der Waals surface area (Å²) >= 11 is 4.90. The van der Waals surface area contributed by atoms with Gasteiger partial charge in [0.05, 0.1) is 5.69 Å². The summed E-state index contributed by atoms with van der Waals surface area (Å²) in [5, 5.41) is 3.82. The molecule has 0 bridgehead atoms. The van der Waals surface area contributed by atoms with Gasteiger partial charge in [-0.1, -0.05) is 35.8 Å². The molecule has 18 heavy (non-hydrogen) atoms. The van der Waals surface area contributed by atoms with Crippen LogP contribution in [-0.4, -0.2) is 12.5 Å². The molecule has 1 aromatic carbocycles. The van der Waals surface area contributed by atoms with Crippen molar-refractivity contribution in [3.05, 3.63) is 27.5 Å². The molecule has 96 valence electrons. The number of carbonyl (C=O) groups is 1. The molecule has 0 atom stereocenters. The van der Waals surface area contributed by atoms with Gasteiger partial charge in [-0.25, -0.2) is 0 Å². The Morgan fingerprint density at radius 1 is 1.50 bits per heavy atom. The summed E-state index contributed by atoms with van der Waals surface area (Å²) in [5.74, 6) is 0.339. The van der Waals surface area contributed by atoms with Crippen LogP contribution >= 0.6 is 27.3 Å². The molecule has 1 heterocycles. The van der Waals surface area contributed by atoms with Crippen LogP contribution in [0.4, 0.5) is 5.69 Å². The molecule has 0 spiro atoms. The molecular formula is C13H15BrN2OS. The van der Waals surface area contributed by atoms with Crippen LogP contribution < -0.4 is 11.1 Å². The molecule has 5 heteroatoms. The number of benzene rings is 1. The third-order valence-electron chi connectivity index (χ3n) is 2.58. The van der Waals surface area contributed by atoms with Gasteiger partial charge in [0.25, 0.3) is 5.91 Å². The number of nitrogens with two attached hydrogens (primary N) is 1. The van der Waals surface area contributed by atoms with Gasteiger partial charge in [0.2, 0.25) is 0 Å². The smallest absolute Gasteiger partial charge is 0.263 e. The first-order valence-electron chi connectivity index (χ1n) is 5.75. The molecule has 1 amide bonds. The van der Waals surface area contributed by atoms with Crippen molar-refractivity contribution in [2.24, 2.45) is 5.92 Å². The molecule has 3 nitrogen and oxygen atoms in total. The topological polar surface area (TPSA) is 55.1 Å². The fourth-order valence-corrected chi connectivity index (χ4v) is 3.45. The van der Waals surface area contributed by atoms with E-state index in [1.807, 2.05) is 18.2 Å². The first kappa shape index (κ1) is 13.4. The Morgan fingerprint density at radius 2 is 2.22 bits per heavy atom. The van der Waals surface area contributed by atoms with Gasteiger partial charge in [-0.2, -0.15) is 0 Å². The first-order chi connectivity index (χ1) is 8.50. The molecule has 1 aromatic heterocycles. The van der Waals surface area contributed by atoms with Gasteiger partial charge < -0.3 is 11.1 Å². The highest BCUT2D eigenvalue weighted by Crippen LogP contribution is 2.37. The minimum absolute atomic E-state index is 0.0886. The van der Waals surface area contributed by atoms with Gasteiger partial charge in [0, 0.05) is 21.1 Å². The van der Waals surface area contributed by atoms with Crippen molar-refractivity contribution in [1.82, 2.24) is 5.32 Å². The number of amides is 1. The van der Waals surface area contributed by atoms with E-state index in [9.17, 15) is 4.79 Å². The zero-order valence-corrected chi connectivity index (χ0v) is 12.7. The first-order valence-corrected chi connectivity index (χ1v) is 7.36. The van der Waals surface area contributed by atoms with E-state index in [4.69, 9.17) is 5.73 Å². The number of nitrogens with one attached hydrogen (secondary N) is 1. The maximum Gasteiger partial charge on any atom is 0.263 e. The van der Waals surface area contributed by atoms with E-state index >= 15 is 0 Å². The molecule has 0 saturated carbocycles. The quantitative estimate of drug-likeness (QED) is 0.904. The number of carbonyl (C=O) groups excluding carboxylic acids is 1. The van der Waals surface area contributed by atoms with E-state index in [1.54, 1.807) is 0 Å². The van der Waals surface area contributed by atoms with Gasteiger partial charge in [-0.05, 0) is 18.1 Å². The standard InChI is InChI=1S/C13H15BrN2OS/c1-7(2)6-16-13(17)12-11(15)10-8(14)4-3-5-9(10)18-12/h3-5,7H,6,15H2,1-2H3,(H,16,17). The lowest BCUT2D eigenvalue weighted by Gasteiger charge is -2.06. The number of fused-ring (bicyclic) bond motifs is 1. The molecular weight excluding hydrogens is 312 g/mol. The molecule has 2 rings (SSSR count). The molecule has 2 aromatic rings. The lowest BCUT2D eigenvalue weighted by Crippen LogP contribution is -2.27. The largest absolute Gasteiger partial charge is 0.397 e. The molecule has 0 fully saturated rings. The van der Waals surface area contributed by atoms with Crippen molar-refractivity contribution < 1.29 is 4.79 Å². The van der Waals surface area contributed by atoms with Gasteiger partial charge in [-0.15, -0.1) is 11.3 Å². The minimum Gasteiger partial charge on any atom is -0.397 e. The maximum atomic E-state index is 12.1. The van der Waals surface area contributed by atoms with E-state index in [0.717, 1.165) is 14.6 Å². The van der Waals surface area contributed by atoms with Crippen LogP contribution in [0.5, 0.6) is 0 Å². The van der Waals surface area contributed by atoms with Crippen LogP contribution in [0.15, 0.2) is 22.7 Å². The number of thiophene rings is 1. The van der Waals surface area contributed by atoms with Gasteiger partial charge in [0.1, 0.15) is 4.88 Å². The predicted octanol–water partition coefficient (Wildman–Crippen LogP) is 3.63. The Labute approximate surface area is 118 Å². The fraction of sp³-hybridized carbons (Fsp3) is 0.308. The van der Waals surface area contributed by atoms with Crippen LogP contribution in [0.3, 0.4) is 0 Å². The summed E-state index contributed by atoms with van der Waals surface area (Å²) in [4.78, 5) is 12.6. The van der Waals surface area contributed by atoms with Crippen molar-refractivity contribution in [3.63, 3.8) is 0 Å². The minimum atomic E-state index is -0.0886. The molecule has 3 N–H and O–H groups in total. The van der Waals surface area contributed by atoms with Gasteiger partial charge in [0.15, 0.2) is 0 Å². The monoisotopic (exact) mass is 326 g/mol. The van der Waals surface area contributed by atoms with Crippen molar-refractivity contribution in [3.8, 4) is 0 Å². The number of rotatable bonds is 3. The molecule has 0 aliphatic carbocycles. The van der Waals surface area contributed by atoms with Crippen LogP contribution in [0, 0.1) is 5.92 Å². The second-order valence-electron chi connectivity index (χ2n) is 4.56. The summed E-state index contributed by atoms with van der Waals surface area (Å²) in [7, 11) is 0.